The number of anilines is 1. The van der Waals surface area contributed by atoms with Crippen molar-refractivity contribution in [2.45, 2.75) is 25.7 Å². The summed E-state index contributed by atoms with van der Waals surface area (Å²) in [4.78, 5) is 10.5. The van der Waals surface area contributed by atoms with Crippen molar-refractivity contribution in [3.05, 3.63) is 58.9 Å². The first kappa shape index (κ1) is 17.3. The Balaban J connectivity index is 1.49. The van der Waals surface area contributed by atoms with Crippen molar-refractivity contribution in [3.8, 4) is 0 Å². The maximum atomic E-state index is 6.23. The van der Waals surface area contributed by atoms with Gasteiger partial charge >= 0.3 is 0 Å². The molecule has 6 heteroatoms. The standard InChI is InChI=1S/C20H21ClN4S/c1-13-8-9-17-18(11-13)23-19(22-17)14-5-4-10-25(12-14)20(26)24-16-7-3-2-6-15(16)21/h2-3,6-9,11,14H,4-5,10,12H2,1H3,(H,22,23)(H,24,26)/t14-/m1/s1. The van der Waals surface area contributed by atoms with Gasteiger partial charge in [-0.1, -0.05) is 29.8 Å². The molecule has 0 amide bonds. The van der Waals surface area contributed by atoms with E-state index in [4.69, 9.17) is 28.8 Å². The lowest BCUT2D eigenvalue weighted by molar-refractivity contribution is 0.307. The number of aromatic amines is 1. The Labute approximate surface area is 163 Å². The molecule has 3 aromatic rings. The van der Waals surface area contributed by atoms with E-state index >= 15 is 0 Å². The molecule has 4 nitrogen and oxygen atoms in total. The minimum absolute atomic E-state index is 0.349. The first-order valence-corrected chi connectivity index (χ1v) is 9.65. The highest BCUT2D eigenvalue weighted by Gasteiger charge is 2.25. The van der Waals surface area contributed by atoms with Crippen molar-refractivity contribution in [2.75, 3.05) is 18.4 Å². The van der Waals surface area contributed by atoms with Crippen LogP contribution >= 0.6 is 23.8 Å². The van der Waals surface area contributed by atoms with Crippen molar-refractivity contribution in [3.63, 3.8) is 0 Å². The van der Waals surface area contributed by atoms with Crippen LogP contribution in [0, 0.1) is 6.92 Å². The van der Waals surface area contributed by atoms with Gasteiger partial charge in [0.25, 0.3) is 0 Å². The van der Waals surface area contributed by atoms with E-state index in [-0.39, 0.29) is 0 Å². The number of nitrogens with zero attached hydrogens (tertiary/aromatic N) is 2. The smallest absolute Gasteiger partial charge is 0.173 e. The van der Waals surface area contributed by atoms with Crippen molar-refractivity contribution in [2.24, 2.45) is 0 Å². The van der Waals surface area contributed by atoms with E-state index in [1.54, 1.807) is 0 Å². The van der Waals surface area contributed by atoms with Gasteiger partial charge < -0.3 is 15.2 Å². The van der Waals surface area contributed by atoms with Crippen molar-refractivity contribution < 1.29 is 0 Å². The third-order valence-electron chi connectivity index (χ3n) is 4.87. The fourth-order valence-corrected chi connectivity index (χ4v) is 3.94. The van der Waals surface area contributed by atoms with Crippen LogP contribution in [0.5, 0.6) is 0 Å². The second-order valence-electron chi connectivity index (χ2n) is 6.84. The van der Waals surface area contributed by atoms with Gasteiger partial charge in [0.2, 0.25) is 0 Å². The molecule has 4 rings (SSSR count). The van der Waals surface area contributed by atoms with E-state index in [2.05, 4.69) is 40.3 Å². The van der Waals surface area contributed by atoms with Crippen LogP contribution in [0.25, 0.3) is 11.0 Å². The Bertz CT molecular complexity index is 952. The molecule has 1 aromatic heterocycles. The first-order chi connectivity index (χ1) is 12.6. The molecule has 0 radical (unpaired) electrons. The summed E-state index contributed by atoms with van der Waals surface area (Å²) in [6, 6.07) is 14.0. The molecule has 1 atom stereocenters. The Morgan fingerprint density at radius 3 is 3.00 bits per heavy atom. The fraction of sp³-hybridized carbons (Fsp3) is 0.300. The van der Waals surface area contributed by atoms with Crippen molar-refractivity contribution in [1.82, 2.24) is 14.9 Å². The summed E-state index contributed by atoms with van der Waals surface area (Å²) in [5.74, 6) is 1.40. The molecular formula is C20H21ClN4S. The monoisotopic (exact) mass is 384 g/mol. The Morgan fingerprint density at radius 1 is 1.31 bits per heavy atom. The summed E-state index contributed by atoms with van der Waals surface area (Å²) in [6.07, 6.45) is 2.20. The van der Waals surface area contributed by atoms with Gasteiger partial charge in [0.05, 0.1) is 21.7 Å². The minimum atomic E-state index is 0.349. The van der Waals surface area contributed by atoms with E-state index in [1.165, 1.54) is 5.56 Å². The van der Waals surface area contributed by atoms with Crippen LogP contribution in [0.1, 0.15) is 30.1 Å². The highest BCUT2D eigenvalue weighted by Crippen LogP contribution is 2.28. The normalized spacial score (nSPS) is 17.5. The zero-order valence-electron chi connectivity index (χ0n) is 14.6. The van der Waals surface area contributed by atoms with E-state index < -0.39 is 0 Å². The van der Waals surface area contributed by atoms with Gasteiger partial charge in [-0.2, -0.15) is 0 Å². The molecule has 1 saturated heterocycles. The molecule has 0 spiro atoms. The Kier molecular flexibility index (Phi) is 4.83. The van der Waals surface area contributed by atoms with Crippen molar-refractivity contribution in [1.29, 1.82) is 0 Å². The lowest BCUT2D eigenvalue weighted by Crippen LogP contribution is -2.41. The number of H-pyrrole nitrogens is 1. The molecule has 0 bridgehead atoms. The second kappa shape index (κ2) is 7.25. The Hall–Kier alpha value is -2.11. The SMILES string of the molecule is Cc1ccc2nc([C@@H]3CCCN(C(=S)Nc4ccccc4Cl)C3)[nH]c2c1. The third kappa shape index (κ3) is 3.55. The van der Waals surface area contributed by atoms with Gasteiger partial charge in [0.15, 0.2) is 5.11 Å². The zero-order chi connectivity index (χ0) is 18.1. The Morgan fingerprint density at radius 2 is 2.15 bits per heavy atom. The summed E-state index contributed by atoms with van der Waals surface area (Å²) in [5.41, 5.74) is 4.22. The number of rotatable bonds is 2. The summed E-state index contributed by atoms with van der Waals surface area (Å²) in [7, 11) is 0. The molecule has 2 N–H and O–H groups in total. The number of likely N-dealkylation sites (tertiary alicyclic amines) is 1. The van der Waals surface area contributed by atoms with Crippen LogP contribution in [-0.4, -0.2) is 33.1 Å². The van der Waals surface area contributed by atoms with E-state index in [1.807, 2.05) is 24.3 Å². The number of fused-ring (bicyclic) bond motifs is 1. The molecule has 0 unspecified atom stereocenters. The largest absolute Gasteiger partial charge is 0.348 e. The maximum Gasteiger partial charge on any atom is 0.173 e. The molecular weight excluding hydrogens is 364 g/mol. The van der Waals surface area contributed by atoms with Crippen LogP contribution in [0.2, 0.25) is 5.02 Å². The van der Waals surface area contributed by atoms with Gasteiger partial charge in [-0.15, -0.1) is 0 Å². The summed E-state index contributed by atoms with van der Waals surface area (Å²) in [6.45, 7) is 3.91. The number of imidazole rings is 1. The van der Waals surface area contributed by atoms with Crippen LogP contribution in [0.3, 0.4) is 0 Å². The topological polar surface area (TPSA) is 44.0 Å². The highest BCUT2D eigenvalue weighted by atomic mass is 35.5. The number of hydrogen-bond acceptors (Lipinski definition) is 2. The lowest BCUT2D eigenvalue weighted by Gasteiger charge is -2.34. The molecule has 26 heavy (non-hydrogen) atoms. The van der Waals surface area contributed by atoms with Gasteiger partial charge in [0, 0.05) is 19.0 Å². The zero-order valence-corrected chi connectivity index (χ0v) is 16.2. The fourth-order valence-electron chi connectivity index (χ4n) is 3.48. The molecule has 2 aromatic carbocycles. The van der Waals surface area contributed by atoms with Crippen LogP contribution in [0.15, 0.2) is 42.5 Å². The van der Waals surface area contributed by atoms with Gasteiger partial charge in [-0.3, -0.25) is 0 Å². The quantitative estimate of drug-likeness (QED) is 0.603. The average Bonchev–Trinajstić information content (AvgIpc) is 3.07. The minimum Gasteiger partial charge on any atom is -0.348 e. The molecule has 1 aliphatic rings. The van der Waals surface area contributed by atoms with E-state index in [9.17, 15) is 0 Å². The van der Waals surface area contributed by atoms with Gasteiger partial charge in [-0.25, -0.2) is 4.98 Å². The molecule has 134 valence electrons. The van der Waals surface area contributed by atoms with Crippen molar-refractivity contribution >= 4 is 45.7 Å². The number of para-hydroxylation sites is 1. The first-order valence-electron chi connectivity index (χ1n) is 8.87. The number of halogens is 1. The number of nitrogens with one attached hydrogen (secondary N) is 2. The highest BCUT2D eigenvalue weighted by molar-refractivity contribution is 7.80. The van der Waals surface area contributed by atoms with Gasteiger partial charge in [0.1, 0.15) is 5.82 Å². The predicted molar refractivity (Wildman–Crippen MR) is 112 cm³/mol. The number of aryl methyl sites for hydroxylation is 1. The molecule has 0 aliphatic carbocycles. The number of benzene rings is 2. The number of thiocarbonyl (C=S) groups is 1. The second-order valence-corrected chi connectivity index (χ2v) is 7.63. The van der Waals surface area contributed by atoms with Crippen LogP contribution in [-0.2, 0) is 0 Å². The summed E-state index contributed by atoms with van der Waals surface area (Å²) in [5, 5.41) is 4.68. The van der Waals surface area contributed by atoms with Gasteiger partial charge in [-0.05, 0) is 61.8 Å². The average molecular weight is 385 g/mol. The molecule has 1 aliphatic heterocycles. The van der Waals surface area contributed by atoms with E-state index in [0.717, 1.165) is 53.6 Å². The van der Waals surface area contributed by atoms with E-state index in [0.29, 0.717) is 10.9 Å². The van der Waals surface area contributed by atoms with Crippen LogP contribution < -0.4 is 5.32 Å². The number of aromatic nitrogens is 2. The predicted octanol–water partition coefficient (Wildman–Crippen LogP) is 5.10. The third-order valence-corrected chi connectivity index (χ3v) is 5.56. The molecule has 2 heterocycles. The van der Waals surface area contributed by atoms with Crippen LogP contribution in [0.4, 0.5) is 5.69 Å². The maximum absolute atomic E-state index is 6.23. The lowest BCUT2D eigenvalue weighted by atomic mass is 9.98. The number of hydrogen-bond donors (Lipinski definition) is 2. The molecule has 0 saturated carbocycles. The summed E-state index contributed by atoms with van der Waals surface area (Å²) >= 11 is 11.9. The number of piperidine rings is 1. The summed E-state index contributed by atoms with van der Waals surface area (Å²) < 4.78 is 0. The molecule has 1 fully saturated rings.